The number of sulfonamides is 1. The Morgan fingerprint density at radius 3 is 2.32 bits per heavy atom. The molecule has 1 aliphatic carbocycles. The molecule has 0 bridgehead atoms. The zero-order chi connectivity index (χ0) is 20.3. The Morgan fingerprint density at radius 2 is 1.71 bits per heavy atom. The second kappa shape index (κ2) is 8.35. The second-order valence-corrected chi connectivity index (χ2v) is 9.46. The van der Waals surface area contributed by atoms with Gasteiger partial charge >= 0.3 is 0 Å². The van der Waals surface area contributed by atoms with Gasteiger partial charge in [-0.2, -0.15) is 0 Å². The van der Waals surface area contributed by atoms with Gasteiger partial charge in [-0.15, -0.1) is 0 Å². The quantitative estimate of drug-likeness (QED) is 0.801. The number of hydrogen-bond donors (Lipinski definition) is 1. The maximum Gasteiger partial charge on any atom is 0.251 e. The molecule has 0 saturated carbocycles. The van der Waals surface area contributed by atoms with Crippen molar-refractivity contribution >= 4 is 21.6 Å². The molecule has 2 aromatic carbocycles. The van der Waals surface area contributed by atoms with Crippen LogP contribution in [0, 0.1) is 0 Å². The first-order valence-electron chi connectivity index (χ1n) is 9.76. The van der Waals surface area contributed by atoms with Crippen LogP contribution >= 0.6 is 0 Å². The van der Waals surface area contributed by atoms with Crippen LogP contribution in [-0.4, -0.2) is 27.6 Å². The Balaban J connectivity index is 1.74. The average molecular weight is 401 g/mol. The Labute approximate surface area is 167 Å². The fraction of sp³-hybridized carbons (Fsp3) is 0.409. The summed E-state index contributed by atoms with van der Waals surface area (Å²) in [6.07, 6.45) is 6.70. The molecule has 1 aliphatic rings. The number of hydrogen-bond acceptors (Lipinski definition) is 3. The predicted octanol–water partition coefficient (Wildman–Crippen LogP) is 3.84. The second-order valence-electron chi connectivity index (χ2n) is 7.45. The number of carbonyl (C=O) groups excluding carboxylic acids is 1. The van der Waals surface area contributed by atoms with Gasteiger partial charge in [-0.3, -0.25) is 9.10 Å². The highest BCUT2D eigenvalue weighted by Gasteiger charge is 2.18. The van der Waals surface area contributed by atoms with Gasteiger partial charge < -0.3 is 5.32 Å². The first kappa shape index (κ1) is 20.4. The lowest BCUT2D eigenvalue weighted by molar-refractivity contribution is 0.0935. The van der Waals surface area contributed by atoms with E-state index in [4.69, 9.17) is 0 Å². The zero-order valence-corrected chi connectivity index (χ0v) is 17.6. The number of benzene rings is 2. The normalized spacial score (nSPS) is 14.8. The van der Waals surface area contributed by atoms with Crippen LogP contribution in [0.4, 0.5) is 5.69 Å². The number of amides is 1. The third-order valence-corrected chi connectivity index (χ3v) is 6.68. The standard InChI is InChI=1S/C22H28N2O3S/c1-4-21(19-10-9-16-7-5-6-8-18(16)15-19)23-22(25)17-11-13-20(14-12-17)24(2)28(3,26)27/h9-15,21H,4-8H2,1-3H3,(H,23,25)/t21-/m1/s1. The van der Waals surface area contributed by atoms with Crippen LogP contribution in [0.25, 0.3) is 0 Å². The molecule has 1 N–H and O–H groups in total. The number of anilines is 1. The Morgan fingerprint density at radius 1 is 1.07 bits per heavy atom. The van der Waals surface area contributed by atoms with Crippen LogP contribution in [0.3, 0.4) is 0 Å². The summed E-state index contributed by atoms with van der Waals surface area (Å²) in [5, 5.41) is 3.11. The molecule has 0 unspecified atom stereocenters. The van der Waals surface area contributed by atoms with Gasteiger partial charge in [0.2, 0.25) is 10.0 Å². The molecule has 0 aromatic heterocycles. The number of fused-ring (bicyclic) bond motifs is 1. The third-order valence-electron chi connectivity index (χ3n) is 5.48. The van der Waals surface area contributed by atoms with Gasteiger partial charge in [0, 0.05) is 12.6 Å². The molecule has 0 saturated heterocycles. The van der Waals surface area contributed by atoms with Crippen LogP contribution in [0.15, 0.2) is 42.5 Å². The van der Waals surface area contributed by atoms with E-state index in [-0.39, 0.29) is 11.9 Å². The molecule has 3 rings (SSSR count). The van der Waals surface area contributed by atoms with Crippen molar-refractivity contribution in [2.24, 2.45) is 0 Å². The van der Waals surface area contributed by atoms with Crippen molar-refractivity contribution in [3.63, 3.8) is 0 Å². The van der Waals surface area contributed by atoms with Crippen molar-refractivity contribution in [2.45, 2.75) is 45.1 Å². The minimum atomic E-state index is -3.32. The summed E-state index contributed by atoms with van der Waals surface area (Å²) in [5.74, 6) is -0.155. The van der Waals surface area contributed by atoms with Crippen LogP contribution in [0.1, 0.15) is 59.3 Å². The summed E-state index contributed by atoms with van der Waals surface area (Å²) in [4.78, 5) is 12.7. The van der Waals surface area contributed by atoms with Gasteiger partial charge in [0.05, 0.1) is 18.0 Å². The number of nitrogens with zero attached hydrogens (tertiary/aromatic N) is 1. The molecule has 1 amide bonds. The van der Waals surface area contributed by atoms with Crippen molar-refractivity contribution in [3.05, 3.63) is 64.7 Å². The summed E-state index contributed by atoms with van der Waals surface area (Å²) in [7, 11) is -1.83. The molecule has 1 atom stereocenters. The third kappa shape index (κ3) is 4.55. The van der Waals surface area contributed by atoms with Gasteiger partial charge in [0.15, 0.2) is 0 Å². The minimum absolute atomic E-state index is 0.0434. The lowest BCUT2D eigenvalue weighted by Crippen LogP contribution is -2.28. The van der Waals surface area contributed by atoms with E-state index in [1.54, 1.807) is 24.3 Å². The van der Waals surface area contributed by atoms with Gasteiger partial charge in [-0.1, -0.05) is 25.1 Å². The van der Waals surface area contributed by atoms with E-state index in [0.29, 0.717) is 11.3 Å². The molecule has 2 aromatic rings. The lowest BCUT2D eigenvalue weighted by Gasteiger charge is -2.22. The van der Waals surface area contributed by atoms with E-state index in [1.807, 2.05) is 0 Å². The summed E-state index contributed by atoms with van der Waals surface area (Å²) < 4.78 is 24.5. The van der Waals surface area contributed by atoms with Gasteiger partial charge in [-0.25, -0.2) is 8.42 Å². The molecule has 0 fully saturated rings. The van der Waals surface area contributed by atoms with Crippen molar-refractivity contribution in [2.75, 3.05) is 17.6 Å². The van der Waals surface area contributed by atoms with Crippen molar-refractivity contribution < 1.29 is 13.2 Å². The lowest BCUT2D eigenvalue weighted by atomic mass is 9.88. The topological polar surface area (TPSA) is 66.5 Å². The van der Waals surface area contributed by atoms with E-state index in [2.05, 4.69) is 30.4 Å². The molecule has 0 aliphatic heterocycles. The van der Waals surface area contributed by atoms with E-state index < -0.39 is 10.0 Å². The molecule has 0 radical (unpaired) electrons. The van der Waals surface area contributed by atoms with Gasteiger partial charge in [-0.05, 0) is 73.1 Å². The average Bonchev–Trinajstić information content (AvgIpc) is 2.70. The molecule has 0 heterocycles. The van der Waals surface area contributed by atoms with Crippen molar-refractivity contribution in [1.29, 1.82) is 0 Å². The predicted molar refractivity (Wildman–Crippen MR) is 113 cm³/mol. The molecule has 0 spiro atoms. The van der Waals surface area contributed by atoms with E-state index in [9.17, 15) is 13.2 Å². The smallest absolute Gasteiger partial charge is 0.251 e. The summed E-state index contributed by atoms with van der Waals surface area (Å²) >= 11 is 0. The molecule has 5 nitrogen and oxygen atoms in total. The molecule has 150 valence electrons. The first-order valence-corrected chi connectivity index (χ1v) is 11.6. The van der Waals surface area contributed by atoms with E-state index in [0.717, 1.165) is 31.1 Å². The number of aryl methyl sites for hydroxylation is 2. The molecule has 28 heavy (non-hydrogen) atoms. The van der Waals surface area contributed by atoms with Crippen molar-refractivity contribution in [1.82, 2.24) is 5.32 Å². The largest absolute Gasteiger partial charge is 0.345 e. The van der Waals surface area contributed by atoms with E-state index in [1.165, 1.54) is 35.3 Å². The highest BCUT2D eigenvalue weighted by atomic mass is 32.2. The number of nitrogens with one attached hydrogen (secondary N) is 1. The molecule has 6 heteroatoms. The summed E-state index contributed by atoms with van der Waals surface area (Å²) in [6.45, 7) is 2.06. The first-order chi connectivity index (χ1) is 13.3. The SMILES string of the molecule is CC[C@@H](NC(=O)c1ccc(N(C)S(C)(=O)=O)cc1)c1ccc2c(c1)CCCC2. The Kier molecular flexibility index (Phi) is 6.08. The highest BCUT2D eigenvalue weighted by Crippen LogP contribution is 2.26. The maximum absolute atomic E-state index is 12.7. The van der Waals surface area contributed by atoms with Gasteiger partial charge in [0.25, 0.3) is 5.91 Å². The molecular formula is C22H28N2O3S. The van der Waals surface area contributed by atoms with E-state index >= 15 is 0 Å². The van der Waals surface area contributed by atoms with Crippen LogP contribution in [0.2, 0.25) is 0 Å². The van der Waals surface area contributed by atoms with Crippen molar-refractivity contribution in [3.8, 4) is 0 Å². The zero-order valence-electron chi connectivity index (χ0n) is 16.7. The van der Waals surface area contributed by atoms with Gasteiger partial charge in [0.1, 0.15) is 0 Å². The van der Waals surface area contributed by atoms with Crippen LogP contribution < -0.4 is 9.62 Å². The monoisotopic (exact) mass is 400 g/mol. The summed E-state index contributed by atoms with van der Waals surface area (Å²) in [5.41, 5.74) is 5.03. The maximum atomic E-state index is 12.7. The fourth-order valence-corrected chi connectivity index (χ4v) is 4.15. The minimum Gasteiger partial charge on any atom is -0.345 e. The summed E-state index contributed by atoms with van der Waals surface area (Å²) in [6, 6.07) is 13.1. The Hall–Kier alpha value is -2.34. The fourth-order valence-electron chi connectivity index (χ4n) is 3.65. The Bertz CT molecular complexity index is 952. The van der Waals surface area contributed by atoms with Crippen LogP contribution in [0.5, 0.6) is 0 Å². The van der Waals surface area contributed by atoms with Crippen LogP contribution in [-0.2, 0) is 22.9 Å². The number of rotatable bonds is 6. The number of carbonyl (C=O) groups is 1. The highest BCUT2D eigenvalue weighted by molar-refractivity contribution is 7.92. The molecular weight excluding hydrogens is 372 g/mol.